The molecular weight excluding hydrogens is 218 g/mol. The van der Waals surface area contributed by atoms with Crippen molar-refractivity contribution in [3.63, 3.8) is 0 Å². The highest BCUT2D eigenvalue weighted by Crippen LogP contribution is 2.15. The molecule has 2 nitrogen and oxygen atoms in total. The Hall–Kier alpha value is -1.48. The summed E-state index contributed by atoms with van der Waals surface area (Å²) in [6.45, 7) is 1.98. The van der Waals surface area contributed by atoms with Crippen LogP contribution >= 0.6 is 11.3 Å². The molecule has 0 aliphatic heterocycles. The molecule has 1 aromatic carbocycles. The van der Waals surface area contributed by atoms with E-state index < -0.39 is 0 Å². The Bertz CT molecular complexity index is 476. The molecule has 0 saturated heterocycles. The van der Waals surface area contributed by atoms with Crippen molar-refractivity contribution >= 4 is 17.1 Å². The summed E-state index contributed by atoms with van der Waals surface area (Å²) in [7, 11) is 0. The number of benzene rings is 1. The predicted molar refractivity (Wildman–Crippen MR) is 65.9 cm³/mol. The first kappa shape index (κ1) is 11.0. The van der Waals surface area contributed by atoms with E-state index in [0.29, 0.717) is 6.42 Å². The van der Waals surface area contributed by atoms with Gasteiger partial charge in [-0.1, -0.05) is 30.3 Å². The smallest absolute Gasteiger partial charge is 0.163 e. The van der Waals surface area contributed by atoms with Crippen molar-refractivity contribution in [1.29, 1.82) is 0 Å². The Morgan fingerprint density at radius 1 is 1.31 bits per heavy atom. The van der Waals surface area contributed by atoms with E-state index in [4.69, 9.17) is 0 Å². The predicted octanol–water partition coefficient (Wildman–Crippen LogP) is 3.27. The van der Waals surface area contributed by atoms with Gasteiger partial charge >= 0.3 is 0 Å². The normalized spacial score (nSPS) is 10.3. The number of nitrogens with zero attached hydrogens (tertiary/aromatic N) is 1. The second-order valence-corrected chi connectivity index (χ2v) is 4.95. The van der Waals surface area contributed by atoms with Crippen LogP contribution in [-0.4, -0.2) is 10.8 Å². The largest absolute Gasteiger partial charge is 0.294 e. The Morgan fingerprint density at radius 3 is 2.69 bits per heavy atom. The SMILES string of the molecule is Cc1ncc(CCC(=O)c2ccccc2)s1. The number of aromatic nitrogens is 1. The van der Waals surface area contributed by atoms with E-state index in [1.165, 1.54) is 4.88 Å². The van der Waals surface area contributed by atoms with E-state index in [1.54, 1.807) is 11.3 Å². The van der Waals surface area contributed by atoms with Gasteiger partial charge in [-0.3, -0.25) is 4.79 Å². The van der Waals surface area contributed by atoms with Crippen LogP contribution in [0.1, 0.15) is 26.7 Å². The van der Waals surface area contributed by atoms with Crippen LogP contribution in [0.4, 0.5) is 0 Å². The van der Waals surface area contributed by atoms with Gasteiger partial charge in [0.05, 0.1) is 5.01 Å². The van der Waals surface area contributed by atoms with Gasteiger partial charge in [0.2, 0.25) is 0 Å². The number of Topliss-reactive ketones (excluding diaryl/α,β-unsaturated/α-hetero) is 1. The second-order valence-electron chi connectivity index (χ2n) is 3.63. The maximum absolute atomic E-state index is 11.8. The zero-order chi connectivity index (χ0) is 11.4. The number of thiazole rings is 1. The highest BCUT2D eigenvalue weighted by Gasteiger charge is 2.06. The molecule has 0 saturated carbocycles. The summed E-state index contributed by atoms with van der Waals surface area (Å²) >= 11 is 1.66. The lowest BCUT2D eigenvalue weighted by Crippen LogP contribution is -1.99. The first-order valence-corrected chi connectivity index (χ1v) is 6.07. The van der Waals surface area contributed by atoms with E-state index in [2.05, 4.69) is 4.98 Å². The van der Waals surface area contributed by atoms with Crippen LogP contribution in [0.25, 0.3) is 0 Å². The van der Waals surface area contributed by atoms with Crippen molar-refractivity contribution in [1.82, 2.24) is 4.98 Å². The molecule has 0 aliphatic carbocycles. The topological polar surface area (TPSA) is 30.0 Å². The summed E-state index contributed by atoms with van der Waals surface area (Å²) < 4.78 is 0. The van der Waals surface area contributed by atoms with E-state index in [1.807, 2.05) is 43.5 Å². The van der Waals surface area contributed by atoms with Crippen molar-refractivity contribution in [2.45, 2.75) is 19.8 Å². The summed E-state index contributed by atoms with van der Waals surface area (Å²) in [5, 5.41) is 1.06. The Balaban J connectivity index is 1.94. The first-order valence-electron chi connectivity index (χ1n) is 5.25. The summed E-state index contributed by atoms with van der Waals surface area (Å²) in [6, 6.07) is 9.43. The molecule has 0 unspecified atom stereocenters. The molecule has 0 N–H and O–H groups in total. The van der Waals surface area contributed by atoms with E-state index in [-0.39, 0.29) is 5.78 Å². The Labute approximate surface area is 99.0 Å². The lowest BCUT2D eigenvalue weighted by atomic mass is 10.1. The number of aryl methyl sites for hydroxylation is 2. The monoisotopic (exact) mass is 231 g/mol. The quantitative estimate of drug-likeness (QED) is 0.756. The summed E-state index contributed by atoms with van der Waals surface area (Å²) in [4.78, 5) is 17.2. The molecule has 82 valence electrons. The van der Waals surface area contributed by atoms with Gasteiger partial charge in [-0.2, -0.15) is 0 Å². The molecule has 0 spiro atoms. The maximum Gasteiger partial charge on any atom is 0.163 e. The van der Waals surface area contributed by atoms with Gasteiger partial charge in [0, 0.05) is 23.1 Å². The van der Waals surface area contributed by atoms with Crippen molar-refractivity contribution in [2.75, 3.05) is 0 Å². The molecule has 3 heteroatoms. The summed E-state index contributed by atoms with van der Waals surface area (Å²) in [6.07, 6.45) is 3.21. The van der Waals surface area contributed by atoms with Crippen molar-refractivity contribution < 1.29 is 4.79 Å². The fourth-order valence-electron chi connectivity index (χ4n) is 1.53. The van der Waals surface area contributed by atoms with Crippen molar-refractivity contribution in [3.8, 4) is 0 Å². The minimum atomic E-state index is 0.201. The van der Waals surface area contributed by atoms with Crippen LogP contribution in [0.3, 0.4) is 0 Å². The lowest BCUT2D eigenvalue weighted by Gasteiger charge is -1.98. The molecular formula is C13H13NOS. The summed E-state index contributed by atoms with van der Waals surface area (Å²) in [5.41, 5.74) is 0.795. The van der Waals surface area contributed by atoms with Crippen LogP contribution in [0.2, 0.25) is 0 Å². The molecule has 0 fully saturated rings. The molecule has 0 radical (unpaired) electrons. The molecule has 2 rings (SSSR count). The highest BCUT2D eigenvalue weighted by molar-refractivity contribution is 7.11. The number of hydrogen-bond acceptors (Lipinski definition) is 3. The fourth-order valence-corrected chi connectivity index (χ4v) is 2.32. The minimum Gasteiger partial charge on any atom is -0.294 e. The third-order valence-electron chi connectivity index (χ3n) is 2.36. The molecule has 2 aromatic rings. The molecule has 0 atom stereocenters. The molecule has 0 aliphatic rings. The average molecular weight is 231 g/mol. The Kier molecular flexibility index (Phi) is 3.47. The number of ketones is 1. The zero-order valence-corrected chi connectivity index (χ0v) is 9.96. The summed E-state index contributed by atoms with van der Waals surface area (Å²) in [5.74, 6) is 0.201. The van der Waals surface area contributed by atoms with Crippen LogP contribution < -0.4 is 0 Å². The first-order chi connectivity index (χ1) is 7.75. The molecule has 1 heterocycles. The van der Waals surface area contributed by atoms with Gasteiger partial charge in [0.15, 0.2) is 5.78 Å². The van der Waals surface area contributed by atoms with Gasteiger partial charge in [-0.15, -0.1) is 11.3 Å². The van der Waals surface area contributed by atoms with E-state index in [0.717, 1.165) is 17.0 Å². The van der Waals surface area contributed by atoms with Crippen LogP contribution in [0.5, 0.6) is 0 Å². The average Bonchev–Trinajstić information content (AvgIpc) is 2.73. The van der Waals surface area contributed by atoms with Crippen molar-refractivity contribution in [3.05, 3.63) is 52.0 Å². The van der Waals surface area contributed by atoms with Gasteiger partial charge in [-0.25, -0.2) is 4.98 Å². The number of rotatable bonds is 4. The van der Waals surface area contributed by atoms with Gasteiger partial charge in [0.25, 0.3) is 0 Å². The maximum atomic E-state index is 11.8. The van der Waals surface area contributed by atoms with E-state index in [9.17, 15) is 4.79 Å². The number of hydrogen-bond donors (Lipinski definition) is 0. The minimum absolute atomic E-state index is 0.201. The van der Waals surface area contributed by atoms with Gasteiger partial charge in [-0.05, 0) is 13.3 Å². The van der Waals surface area contributed by atoms with Gasteiger partial charge in [0.1, 0.15) is 0 Å². The van der Waals surface area contributed by atoms with E-state index >= 15 is 0 Å². The van der Waals surface area contributed by atoms with Gasteiger partial charge < -0.3 is 0 Å². The zero-order valence-electron chi connectivity index (χ0n) is 9.14. The fraction of sp³-hybridized carbons (Fsp3) is 0.231. The third kappa shape index (κ3) is 2.76. The second kappa shape index (κ2) is 5.03. The highest BCUT2D eigenvalue weighted by atomic mass is 32.1. The van der Waals surface area contributed by atoms with Crippen molar-refractivity contribution in [2.24, 2.45) is 0 Å². The lowest BCUT2D eigenvalue weighted by molar-refractivity contribution is 0.0983. The third-order valence-corrected chi connectivity index (χ3v) is 3.34. The standard InChI is InChI=1S/C13H13NOS/c1-10-14-9-12(16-10)7-8-13(15)11-5-3-2-4-6-11/h2-6,9H,7-8H2,1H3. The molecule has 0 amide bonds. The molecule has 1 aromatic heterocycles. The molecule has 16 heavy (non-hydrogen) atoms. The molecule has 0 bridgehead atoms. The Morgan fingerprint density at radius 2 is 2.06 bits per heavy atom. The van der Waals surface area contributed by atoms with Crippen LogP contribution in [0.15, 0.2) is 36.5 Å². The number of carbonyl (C=O) groups is 1. The number of carbonyl (C=O) groups excluding carboxylic acids is 1. The van der Waals surface area contributed by atoms with Crippen LogP contribution in [-0.2, 0) is 6.42 Å². The van der Waals surface area contributed by atoms with Crippen LogP contribution in [0, 0.1) is 6.92 Å².